The van der Waals surface area contributed by atoms with Crippen LogP contribution in [0.1, 0.15) is 53.6 Å². The number of ether oxygens (including phenoxy) is 2. The first-order valence-electron chi connectivity index (χ1n) is 11.4. The number of hydrogen-bond donors (Lipinski definition) is 0. The van der Waals surface area contributed by atoms with Gasteiger partial charge in [-0.05, 0) is 79.3 Å². The van der Waals surface area contributed by atoms with Crippen LogP contribution in [-0.2, 0) is 13.0 Å². The predicted octanol–water partition coefficient (Wildman–Crippen LogP) is 7.21. The average molecular weight is 429 g/mol. The molecule has 3 nitrogen and oxygen atoms in total. The molecule has 3 aromatic carbocycles. The number of aryl methyl sites for hydroxylation is 1. The highest BCUT2D eigenvalue weighted by atomic mass is 16.5. The zero-order valence-electron chi connectivity index (χ0n) is 18.8. The van der Waals surface area contributed by atoms with Gasteiger partial charge in [-0.15, -0.1) is 0 Å². The van der Waals surface area contributed by atoms with Crippen LogP contribution < -0.4 is 9.47 Å². The van der Waals surface area contributed by atoms with Crippen molar-refractivity contribution in [1.82, 2.24) is 0 Å². The zero-order valence-corrected chi connectivity index (χ0v) is 18.8. The fourth-order valence-corrected chi connectivity index (χ4v) is 3.48. The molecule has 0 unspecified atom stereocenters. The first-order chi connectivity index (χ1) is 15.7. The van der Waals surface area contributed by atoms with Gasteiger partial charge in [0.2, 0.25) is 0 Å². The van der Waals surface area contributed by atoms with Crippen LogP contribution in [0.3, 0.4) is 0 Å². The molecular weight excluding hydrogens is 396 g/mol. The quantitative estimate of drug-likeness (QED) is 0.164. The van der Waals surface area contributed by atoms with Crippen molar-refractivity contribution in [2.75, 3.05) is 7.11 Å². The van der Waals surface area contributed by atoms with Gasteiger partial charge in [-0.25, -0.2) is 0 Å². The summed E-state index contributed by atoms with van der Waals surface area (Å²) in [4.78, 5) is 12.3. The van der Waals surface area contributed by atoms with Crippen molar-refractivity contribution in [2.45, 2.75) is 45.1 Å². The second kappa shape index (κ2) is 13.2. The smallest absolute Gasteiger partial charge is 0.185 e. The van der Waals surface area contributed by atoms with E-state index in [2.05, 4.69) is 12.1 Å². The molecule has 0 amide bonds. The summed E-state index contributed by atoms with van der Waals surface area (Å²) in [6.45, 7) is 0.522. The van der Waals surface area contributed by atoms with Crippen molar-refractivity contribution >= 4 is 5.78 Å². The number of hydrogen-bond acceptors (Lipinski definition) is 3. The molecule has 0 spiro atoms. The Morgan fingerprint density at radius 1 is 0.750 bits per heavy atom. The summed E-state index contributed by atoms with van der Waals surface area (Å²) in [5.41, 5.74) is 3.16. The fourth-order valence-electron chi connectivity index (χ4n) is 3.48. The van der Waals surface area contributed by atoms with Crippen LogP contribution in [-0.4, -0.2) is 12.9 Å². The highest BCUT2D eigenvalue weighted by Crippen LogP contribution is 2.16. The lowest BCUT2D eigenvalue weighted by molar-refractivity contribution is 0.104. The first-order valence-corrected chi connectivity index (χ1v) is 11.4. The van der Waals surface area contributed by atoms with Gasteiger partial charge >= 0.3 is 0 Å². The summed E-state index contributed by atoms with van der Waals surface area (Å²) in [6.07, 6.45) is 10.4. The van der Waals surface area contributed by atoms with E-state index in [4.69, 9.17) is 9.47 Å². The molecule has 3 rings (SSSR count). The summed E-state index contributed by atoms with van der Waals surface area (Å²) >= 11 is 0. The number of ketones is 1. The van der Waals surface area contributed by atoms with Crippen molar-refractivity contribution in [3.05, 3.63) is 108 Å². The van der Waals surface area contributed by atoms with E-state index in [1.807, 2.05) is 72.8 Å². The predicted molar refractivity (Wildman–Crippen MR) is 130 cm³/mol. The van der Waals surface area contributed by atoms with Gasteiger partial charge in [-0.1, -0.05) is 61.4 Å². The van der Waals surface area contributed by atoms with Gasteiger partial charge in [0.15, 0.2) is 5.78 Å². The minimum absolute atomic E-state index is 0.0408. The molecule has 0 bridgehead atoms. The molecule has 0 saturated heterocycles. The molecule has 0 aliphatic rings. The van der Waals surface area contributed by atoms with Crippen molar-refractivity contribution < 1.29 is 14.3 Å². The minimum atomic E-state index is 0.0408. The highest BCUT2D eigenvalue weighted by molar-refractivity contribution is 6.04. The molecule has 0 aliphatic heterocycles. The second-order valence-corrected chi connectivity index (χ2v) is 7.87. The number of carbonyl (C=O) groups is 1. The summed E-state index contributed by atoms with van der Waals surface area (Å²) in [5, 5.41) is 0. The van der Waals surface area contributed by atoms with Crippen LogP contribution in [0, 0.1) is 0 Å². The maximum absolute atomic E-state index is 12.3. The monoisotopic (exact) mass is 428 g/mol. The second-order valence-electron chi connectivity index (χ2n) is 7.87. The van der Waals surface area contributed by atoms with Gasteiger partial charge in [-0.3, -0.25) is 4.79 Å². The average Bonchev–Trinajstić information content (AvgIpc) is 2.85. The van der Waals surface area contributed by atoms with Gasteiger partial charge in [0.25, 0.3) is 0 Å². The third-order valence-corrected chi connectivity index (χ3v) is 5.40. The number of rotatable bonds is 13. The Bertz CT molecular complexity index is 958. The molecule has 3 aromatic rings. The van der Waals surface area contributed by atoms with Crippen LogP contribution in [0.2, 0.25) is 0 Å². The topological polar surface area (TPSA) is 35.5 Å². The van der Waals surface area contributed by atoms with Crippen LogP contribution >= 0.6 is 0 Å². The molecule has 0 atom stereocenters. The van der Waals surface area contributed by atoms with Crippen LogP contribution in [0.15, 0.2) is 91.0 Å². The number of carbonyl (C=O) groups excluding carboxylic acids is 1. The molecule has 0 aliphatic carbocycles. The Morgan fingerprint density at radius 2 is 1.44 bits per heavy atom. The Balaban J connectivity index is 1.29. The van der Waals surface area contributed by atoms with E-state index in [1.165, 1.54) is 24.8 Å². The standard InChI is InChI=1S/C29H32O3/c1-31-27-19-15-24(16-20-27)11-7-4-2-3-5-10-14-29(30)26-17-21-28(22-18-26)32-23-25-12-8-6-9-13-25/h6,8-10,12-22H,2-5,7,11,23H2,1H3/b14-10+. The summed E-state index contributed by atoms with van der Waals surface area (Å²) in [7, 11) is 1.69. The van der Waals surface area contributed by atoms with Gasteiger partial charge < -0.3 is 9.47 Å². The molecule has 0 N–H and O–H groups in total. The lowest BCUT2D eigenvalue weighted by atomic mass is 10.0. The third kappa shape index (κ3) is 8.07. The molecule has 0 radical (unpaired) electrons. The van der Waals surface area contributed by atoms with E-state index in [9.17, 15) is 4.79 Å². The largest absolute Gasteiger partial charge is 0.497 e. The van der Waals surface area contributed by atoms with E-state index in [1.54, 1.807) is 13.2 Å². The summed E-state index contributed by atoms with van der Waals surface area (Å²) in [6, 6.07) is 25.7. The number of unbranched alkanes of at least 4 members (excludes halogenated alkanes) is 4. The summed E-state index contributed by atoms with van der Waals surface area (Å²) in [5.74, 6) is 1.71. The molecule has 166 valence electrons. The van der Waals surface area contributed by atoms with Crippen LogP contribution in [0.4, 0.5) is 0 Å². The third-order valence-electron chi connectivity index (χ3n) is 5.40. The van der Waals surface area contributed by atoms with Gasteiger partial charge in [0.1, 0.15) is 18.1 Å². The van der Waals surface area contributed by atoms with Gasteiger partial charge in [0, 0.05) is 5.56 Å². The van der Waals surface area contributed by atoms with Gasteiger partial charge in [0.05, 0.1) is 7.11 Å². The maximum Gasteiger partial charge on any atom is 0.185 e. The minimum Gasteiger partial charge on any atom is -0.497 e. The molecule has 0 fully saturated rings. The van der Waals surface area contributed by atoms with Crippen LogP contribution in [0.25, 0.3) is 0 Å². The molecule has 0 heterocycles. The Hall–Kier alpha value is -3.33. The Kier molecular flexibility index (Phi) is 9.60. The number of benzene rings is 3. The lowest BCUT2D eigenvalue weighted by Crippen LogP contribution is -1.97. The lowest BCUT2D eigenvalue weighted by Gasteiger charge is -2.06. The first kappa shape index (κ1) is 23.3. The number of methoxy groups -OCH3 is 1. The van der Waals surface area contributed by atoms with E-state index in [0.717, 1.165) is 36.3 Å². The Labute approximate surface area is 191 Å². The summed E-state index contributed by atoms with van der Waals surface area (Å²) < 4.78 is 11.0. The van der Waals surface area contributed by atoms with Crippen molar-refractivity contribution in [3.8, 4) is 11.5 Å². The van der Waals surface area contributed by atoms with E-state index >= 15 is 0 Å². The molecule has 0 aromatic heterocycles. The zero-order chi connectivity index (χ0) is 22.4. The van der Waals surface area contributed by atoms with E-state index in [-0.39, 0.29) is 5.78 Å². The van der Waals surface area contributed by atoms with Crippen LogP contribution in [0.5, 0.6) is 11.5 Å². The SMILES string of the molecule is COc1ccc(CCCCCC/C=C/C(=O)c2ccc(OCc3ccccc3)cc2)cc1. The molecule has 3 heteroatoms. The van der Waals surface area contributed by atoms with Crippen molar-refractivity contribution in [3.63, 3.8) is 0 Å². The Morgan fingerprint density at radius 3 is 2.16 bits per heavy atom. The fraction of sp³-hybridized carbons (Fsp3) is 0.276. The maximum atomic E-state index is 12.3. The van der Waals surface area contributed by atoms with Crippen molar-refractivity contribution in [2.24, 2.45) is 0 Å². The molecule has 0 saturated carbocycles. The van der Waals surface area contributed by atoms with Gasteiger partial charge in [-0.2, -0.15) is 0 Å². The number of allylic oxidation sites excluding steroid dienone is 2. The van der Waals surface area contributed by atoms with Crippen molar-refractivity contribution in [1.29, 1.82) is 0 Å². The molecular formula is C29H32O3. The van der Waals surface area contributed by atoms with E-state index < -0.39 is 0 Å². The molecule has 32 heavy (non-hydrogen) atoms. The van der Waals surface area contributed by atoms with E-state index in [0.29, 0.717) is 12.2 Å². The highest BCUT2D eigenvalue weighted by Gasteiger charge is 2.02. The normalized spacial score (nSPS) is 10.9.